The van der Waals surface area contributed by atoms with Gasteiger partial charge in [0.2, 0.25) is 0 Å². The molecule has 10 rings (SSSR count). The van der Waals surface area contributed by atoms with E-state index < -0.39 is 5.97 Å². The molecular weight excluding hydrogens is 733 g/mol. The SMILES string of the molecule is COC(=O)c1cc(C2CC2)cnc1Cc1ccc2c(c1)cc(-c1ccccc1)n2C.Cn1c(-c2ccccc2)cc2cc(Cc3ncc(C4CC4)cc3C(=O)O)ccc21. The van der Waals surface area contributed by atoms with Crippen LogP contribution in [-0.2, 0) is 31.7 Å². The minimum atomic E-state index is -0.901. The van der Waals surface area contributed by atoms with Crippen molar-refractivity contribution in [1.29, 1.82) is 0 Å². The summed E-state index contributed by atoms with van der Waals surface area (Å²) in [5, 5.41) is 12.0. The number of hydrogen-bond acceptors (Lipinski definition) is 5. The maximum absolute atomic E-state index is 12.4. The van der Waals surface area contributed by atoms with Gasteiger partial charge in [-0.15, -0.1) is 0 Å². The van der Waals surface area contributed by atoms with Crippen LogP contribution in [0.5, 0.6) is 0 Å². The summed E-state index contributed by atoms with van der Waals surface area (Å²) in [4.78, 5) is 33.3. The lowest BCUT2D eigenvalue weighted by Crippen LogP contribution is -2.09. The minimum absolute atomic E-state index is 0.313. The van der Waals surface area contributed by atoms with Crippen molar-refractivity contribution in [1.82, 2.24) is 19.1 Å². The monoisotopic (exact) mass is 778 g/mol. The van der Waals surface area contributed by atoms with E-state index in [0.29, 0.717) is 41.5 Å². The number of carboxylic acids is 1. The van der Waals surface area contributed by atoms with E-state index in [1.54, 1.807) is 0 Å². The first-order chi connectivity index (χ1) is 28.7. The molecule has 294 valence electrons. The lowest BCUT2D eigenvalue weighted by molar-refractivity contribution is 0.0598. The quantitative estimate of drug-likeness (QED) is 0.139. The number of aromatic carboxylic acids is 1. The van der Waals surface area contributed by atoms with E-state index in [1.807, 2.05) is 48.8 Å². The average Bonchev–Trinajstić information content (AvgIpc) is 4.21. The zero-order chi connectivity index (χ0) is 40.6. The fraction of sp³-hybridized carbons (Fsp3) is 0.216. The number of aryl methyl sites for hydroxylation is 2. The van der Waals surface area contributed by atoms with Crippen LogP contribution in [0.3, 0.4) is 0 Å². The van der Waals surface area contributed by atoms with Crippen LogP contribution in [0.25, 0.3) is 44.3 Å². The van der Waals surface area contributed by atoms with E-state index in [0.717, 1.165) is 57.4 Å². The third kappa shape index (κ3) is 7.91. The number of benzene rings is 4. The van der Waals surface area contributed by atoms with Gasteiger partial charge in [-0.1, -0.05) is 72.8 Å². The molecule has 4 aromatic heterocycles. The van der Waals surface area contributed by atoms with Gasteiger partial charge < -0.3 is 19.0 Å². The molecule has 2 fully saturated rings. The molecule has 2 aliphatic rings. The van der Waals surface area contributed by atoms with Crippen molar-refractivity contribution in [2.24, 2.45) is 14.1 Å². The summed E-state index contributed by atoms with van der Waals surface area (Å²) in [6.45, 7) is 0. The summed E-state index contributed by atoms with van der Waals surface area (Å²) in [6, 6.07) is 41.7. The van der Waals surface area contributed by atoms with Crippen LogP contribution in [0.1, 0.15) is 91.9 Å². The number of hydrogen-bond donors (Lipinski definition) is 1. The number of nitrogens with zero attached hydrogens (tertiary/aromatic N) is 4. The molecule has 0 unspecified atom stereocenters. The predicted molar refractivity (Wildman–Crippen MR) is 233 cm³/mol. The first kappa shape index (κ1) is 37.8. The van der Waals surface area contributed by atoms with Crippen molar-refractivity contribution < 1.29 is 19.4 Å². The molecule has 0 aliphatic heterocycles. The van der Waals surface area contributed by atoms with Crippen LogP contribution in [0.2, 0.25) is 0 Å². The third-order valence-corrected chi connectivity index (χ3v) is 11.8. The molecule has 0 bridgehead atoms. The van der Waals surface area contributed by atoms with E-state index in [9.17, 15) is 14.7 Å². The zero-order valence-corrected chi connectivity index (χ0v) is 33.6. The van der Waals surface area contributed by atoms with Crippen LogP contribution >= 0.6 is 0 Å². The standard InChI is InChI=1S/C26H24N2O2.C25H22N2O2/c1-28-24-11-8-17(12-20(24)15-25(28)19-6-4-3-5-7-19)13-23-22(26(29)30-2)14-21(16-27-23)18-9-10-18;1-27-23-10-7-16(11-19(23)14-24(27)18-5-3-2-4-6-18)12-22-21(25(28)29)13-20(15-26-22)17-8-9-17/h3-8,11-12,14-16,18H,9-10,13H2,1-2H3;2-7,10-11,13-15,17H,8-9,12H2,1H3,(H,28,29). The Balaban J connectivity index is 0.000000152. The third-order valence-electron chi connectivity index (χ3n) is 11.8. The maximum atomic E-state index is 12.4. The molecule has 2 saturated carbocycles. The first-order valence-electron chi connectivity index (χ1n) is 20.3. The Morgan fingerprint density at radius 3 is 1.47 bits per heavy atom. The Labute approximate surface area is 343 Å². The van der Waals surface area contributed by atoms with Crippen molar-refractivity contribution in [3.05, 3.63) is 178 Å². The number of methoxy groups -OCH3 is 1. The Morgan fingerprint density at radius 2 is 1.05 bits per heavy atom. The summed E-state index contributed by atoms with van der Waals surface area (Å²) in [5.74, 6) is -0.173. The van der Waals surface area contributed by atoms with E-state index in [2.05, 4.69) is 118 Å². The Hall–Kier alpha value is -6.80. The van der Waals surface area contributed by atoms with Gasteiger partial charge in [0.15, 0.2) is 0 Å². The van der Waals surface area contributed by atoms with E-state index >= 15 is 0 Å². The summed E-state index contributed by atoms with van der Waals surface area (Å²) in [7, 11) is 5.60. The number of fused-ring (bicyclic) bond motifs is 2. The van der Waals surface area contributed by atoms with Crippen molar-refractivity contribution in [2.45, 2.75) is 50.4 Å². The predicted octanol–water partition coefficient (Wildman–Crippen LogP) is 10.9. The van der Waals surface area contributed by atoms with Gasteiger partial charge in [0.25, 0.3) is 0 Å². The summed E-state index contributed by atoms with van der Waals surface area (Å²) in [6.07, 6.45) is 9.51. The summed E-state index contributed by atoms with van der Waals surface area (Å²) in [5.41, 5.74) is 13.8. The largest absolute Gasteiger partial charge is 0.478 e. The second-order valence-corrected chi connectivity index (χ2v) is 15.9. The molecule has 0 saturated heterocycles. The number of aromatic nitrogens is 4. The minimum Gasteiger partial charge on any atom is -0.478 e. The van der Waals surface area contributed by atoms with E-state index in [1.165, 1.54) is 47.7 Å². The molecule has 0 atom stereocenters. The first-order valence-corrected chi connectivity index (χ1v) is 20.3. The molecule has 8 heteroatoms. The second-order valence-electron chi connectivity index (χ2n) is 15.9. The fourth-order valence-corrected chi connectivity index (χ4v) is 8.23. The van der Waals surface area contributed by atoms with Crippen LogP contribution in [0, 0.1) is 0 Å². The number of ether oxygens (including phenoxy) is 1. The average molecular weight is 779 g/mol. The molecule has 59 heavy (non-hydrogen) atoms. The van der Waals surface area contributed by atoms with E-state index in [-0.39, 0.29) is 5.97 Å². The highest BCUT2D eigenvalue weighted by Crippen LogP contribution is 2.41. The molecule has 0 spiro atoms. The summed E-state index contributed by atoms with van der Waals surface area (Å²) >= 11 is 0. The molecule has 1 N–H and O–H groups in total. The number of pyridine rings is 2. The molecule has 8 aromatic rings. The number of esters is 1. The lowest BCUT2D eigenvalue weighted by atomic mass is 10.0. The molecule has 0 amide bonds. The van der Waals surface area contributed by atoms with Crippen molar-refractivity contribution >= 4 is 33.7 Å². The van der Waals surface area contributed by atoms with Crippen LogP contribution in [0.15, 0.2) is 134 Å². The van der Waals surface area contributed by atoms with Gasteiger partial charge in [-0.2, -0.15) is 0 Å². The van der Waals surface area contributed by atoms with Gasteiger partial charge >= 0.3 is 11.9 Å². The normalized spacial score (nSPS) is 13.6. The Morgan fingerprint density at radius 1 is 0.610 bits per heavy atom. The van der Waals surface area contributed by atoms with Gasteiger partial charge in [0, 0.05) is 72.5 Å². The van der Waals surface area contributed by atoms with Crippen molar-refractivity contribution in [2.75, 3.05) is 7.11 Å². The molecule has 4 heterocycles. The van der Waals surface area contributed by atoms with Gasteiger partial charge in [-0.05, 0) is 119 Å². The molecule has 2 aliphatic carbocycles. The topological polar surface area (TPSA) is 99.2 Å². The van der Waals surface area contributed by atoms with Crippen molar-refractivity contribution in [3.8, 4) is 22.5 Å². The van der Waals surface area contributed by atoms with Crippen LogP contribution < -0.4 is 0 Å². The van der Waals surface area contributed by atoms with Crippen molar-refractivity contribution in [3.63, 3.8) is 0 Å². The maximum Gasteiger partial charge on any atom is 0.339 e. The van der Waals surface area contributed by atoms with Gasteiger partial charge in [-0.25, -0.2) is 9.59 Å². The zero-order valence-electron chi connectivity index (χ0n) is 33.6. The highest BCUT2D eigenvalue weighted by atomic mass is 16.5. The molecule has 4 aromatic carbocycles. The van der Waals surface area contributed by atoms with Crippen LogP contribution in [-0.4, -0.2) is 43.3 Å². The fourth-order valence-electron chi connectivity index (χ4n) is 8.23. The van der Waals surface area contributed by atoms with Gasteiger partial charge in [0.05, 0.1) is 29.6 Å². The second kappa shape index (κ2) is 15.9. The Kier molecular flexibility index (Phi) is 10.1. The Bertz CT molecular complexity index is 2850. The number of carboxylic acid groups (broad SMARTS) is 1. The molecular formula is C51H46N4O4. The number of carbonyl (C=O) groups excluding carboxylic acids is 1. The smallest absolute Gasteiger partial charge is 0.339 e. The number of rotatable bonds is 10. The number of carbonyl (C=O) groups is 2. The van der Waals surface area contributed by atoms with Crippen LogP contribution in [0.4, 0.5) is 0 Å². The summed E-state index contributed by atoms with van der Waals surface area (Å²) < 4.78 is 9.44. The molecule has 0 radical (unpaired) electrons. The van der Waals surface area contributed by atoms with E-state index in [4.69, 9.17) is 4.74 Å². The highest BCUT2D eigenvalue weighted by Gasteiger charge is 2.27. The lowest BCUT2D eigenvalue weighted by Gasteiger charge is -2.10. The highest BCUT2D eigenvalue weighted by molar-refractivity contribution is 5.92. The van der Waals surface area contributed by atoms with Gasteiger partial charge in [0.1, 0.15) is 0 Å². The molecule has 8 nitrogen and oxygen atoms in total. The van der Waals surface area contributed by atoms with Gasteiger partial charge in [-0.3, -0.25) is 9.97 Å².